The Kier molecular flexibility index (Phi) is 4.44. The van der Waals surface area contributed by atoms with Crippen molar-refractivity contribution < 1.29 is 13.2 Å². The maximum atomic E-state index is 11.3. The first-order valence-electron chi connectivity index (χ1n) is 6.43. The molecule has 0 radical (unpaired) electrons. The number of benzene rings is 1. The van der Waals surface area contributed by atoms with Gasteiger partial charge in [0.2, 0.25) is 10.0 Å². The first-order chi connectivity index (χ1) is 9.00. The molecule has 0 aliphatic heterocycles. The van der Waals surface area contributed by atoms with Crippen LogP contribution in [0.25, 0.3) is 0 Å². The van der Waals surface area contributed by atoms with Crippen molar-refractivity contribution in [1.29, 1.82) is 0 Å². The number of nitrogens with one attached hydrogen (secondary N) is 1. The summed E-state index contributed by atoms with van der Waals surface area (Å²) in [7, 11) is -1.94. The molecule has 1 aliphatic carbocycles. The molecule has 1 fully saturated rings. The molecule has 6 heteroatoms. The third-order valence-corrected chi connectivity index (χ3v) is 4.43. The van der Waals surface area contributed by atoms with Crippen molar-refractivity contribution in [3.8, 4) is 0 Å². The van der Waals surface area contributed by atoms with Crippen LogP contribution in [0.2, 0.25) is 0 Å². The zero-order chi connectivity index (χ0) is 13.9. The van der Waals surface area contributed by atoms with Crippen molar-refractivity contribution >= 4 is 15.7 Å². The van der Waals surface area contributed by atoms with Crippen LogP contribution in [0.5, 0.6) is 0 Å². The molecule has 106 valence electrons. The molecule has 1 aromatic rings. The molecule has 3 N–H and O–H groups in total. The molecule has 0 bridgehead atoms. The number of ether oxygens (including phenoxy) is 1. The zero-order valence-corrected chi connectivity index (χ0v) is 11.8. The van der Waals surface area contributed by atoms with E-state index in [1.165, 1.54) is 12.5 Å². The molecule has 1 aliphatic rings. The van der Waals surface area contributed by atoms with Gasteiger partial charge in [-0.2, -0.15) is 0 Å². The van der Waals surface area contributed by atoms with Gasteiger partial charge in [-0.3, -0.25) is 0 Å². The minimum Gasteiger partial charge on any atom is -0.380 e. The summed E-state index contributed by atoms with van der Waals surface area (Å²) < 4.78 is 28.1. The lowest BCUT2D eigenvalue weighted by molar-refractivity contribution is 0.0606. The Morgan fingerprint density at radius 1 is 1.32 bits per heavy atom. The molecule has 0 saturated heterocycles. The van der Waals surface area contributed by atoms with E-state index >= 15 is 0 Å². The van der Waals surface area contributed by atoms with Gasteiger partial charge >= 0.3 is 0 Å². The average molecular weight is 284 g/mol. The number of nitrogens with two attached hydrogens (primary N) is 1. The molecular weight excluding hydrogens is 264 g/mol. The number of rotatable bonds is 4. The molecular formula is C13H20N2O3S. The SMILES string of the molecule is COC1CCCCC1Nc1cccc(S(N)(=O)=O)c1. The van der Waals surface area contributed by atoms with Crippen LogP contribution in [-0.2, 0) is 14.8 Å². The summed E-state index contributed by atoms with van der Waals surface area (Å²) in [6.07, 6.45) is 4.56. The summed E-state index contributed by atoms with van der Waals surface area (Å²) in [6, 6.07) is 6.81. The van der Waals surface area contributed by atoms with Gasteiger partial charge in [-0.25, -0.2) is 13.6 Å². The minimum atomic E-state index is -3.66. The van der Waals surface area contributed by atoms with E-state index in [0.717, 1.165) is 24.9 Å². The maximum absolute atomic E-state index is 11.3. The molecule has 1 saturated carbocycles. The monoisotopic (exact) mass is 284 g/mol. The molecule has 5 nitrogen and oxygen atoms in total. The molecule has 2 rings (SSSR count). The van der Waals surface area contributed by atoms with E-state index in [1.807, 2.05) is 6.07 Å². The van der Waals surface area contributed by atoms with E-state index in [4.69, 9.17) is 9.88 Å². The standard InChI is InChI=1S/C13H20N2O3S/c1-18-13-8-3-2-7-12(13)15-10-5-4-6-11(9-10)19(14,16)17/h4-6,9,12-13,15H,2-3,7-8H2,1H3,(H2,14,16,17). The first-order valence-corrected chi connectivity index (χ1v) is 7.97. The van der Waals surface area contributed by atoms with Crippen LogP contribution in [0.4, 0.5) is 5.69 Å². The fourth-order valence-electron chi connectivity index (χ4n) is 2.52. The van der Waals surface area contributed by atoms with Gasteiger partial charge in [0, 0.05) is 12.8 Å². The summed E-state index contributed by atoms with van der Waals surface area (Å²) in [5.74, 6) is 0. The van der Waals surface area contributed by atoms with E-state index in [-0.39, 0.29) is 17.0 Å². The normalized spacial score (nSPS) is 24.1. The Morgan fingerprint density at radius 2 is 2.05 bits per heavy atom. The molecule has 2 atom stereocenters. The number of sulfonamides is 1. The van der Waals surface area contributed by atoms with E-state index in [1.54, 1.807) is 19.2 Å². The molecule has 0 heterocycles. The van der Waals surface area contributed by atoms with Crippen LogP contribution in [0.15, 0.2) is 29.2 Å². The fourth-order valence-corrected chi connectivity index (χ4v) is 3.08. The van der Waals surface area contributed by atoms with E-state index in [2.05, 4.69) is 5.32 Å². The first kappa shape index (κ1) is 14.3. The van der Waals surface area contributed by atoms with Gasteiger partial charge in [-0.1, -0.05) is 18.9 Å². The Hall–Kier alpha value is -1.11. The molecule has 1 aromatic carbocycles. The van der Waals surface area contributed by atoms with Gasteiger partial charge in [0.1, 0.15) is 0 Å². The predicted octanol–water partition coefficient (Wildman–Crippen LogP) is 1.70. The highest BCUT2D eigenvalue weighted by Gasteiger charge is 2.24. The summed E-state index contributed by atoms with van der Waals surface area (Å²) in [4.78, 5) is 0.127. The molecule has 0 amide bonds. The summed E-state index contributed by atoms with van der Waals surface area (Å²) in [6.45, 7) is 0. The molecule has 19 heavy (non-hydrogen) atoms. The highest BCUT2D eigenvalue weighted by molar-refractivity contribution is 7.89. The number of methoxy groups -OCH3 is 1. The average Bonchev–Trinajstić information content (AvgIpc) is 2.39. The Balaban J connectivity index is 2.14. The fraction of sp³-hybridized carbons (Fsp3) is 0.538. The summed E-state index contributed by atoms with van der Waals surface area (Å²) >= 11 is 0. The van der Waals surface area contributed by atoms with Crippen molar-refractivity contribution in [2.75, 3.05) is 12.4 Å². The van der Waals surface area contributed by atoms with Crippen LogP contribution in [0.1, 0.15) is 25.7 Å². The highest BCUT2D eigenvalue weighted by Crippen LogP contribution is 2.25. The van der Waals surface area contributed by atoms with Crippen molar-refractivity contribution in [2.24, 2.45) is 5.14 Å². The largest absolute Gasteiger partial charge is 0.380 e. The van der Waals surface area contributed by atoms with Crippen molar-refractivity contribution in [3.05, 3.63) is 24.3 Å². The van der Waals surface area contributed by atoms with Crippen LogP contribution < -0.4 is 10.5 Å². The minimum absolute atomic E-state index is 0.127. The van der Waals surface area contributed by atoms with Gasteiger partial charge in [0.25, 0.3) is 0 Å². The number of anilines is 1. The quantitative estimate of drug-likeness (QED) is 0.881. The second-order valence-corrected chi connectivity index (χ2v) is 6.44. The predicted molar refractivity (Wildman–Crippen MR) is 74.5 cm³/mol. The van der Waals surface area contributed by atoms with Gasteiger partial charge in [0.05, 0.1) is 17.0 Å². The molecule has 2 unspecified atom stereocenters. The Bertz CT molecular complexity index is 530. The third-order valence-electron chi connectivity index (χ3n) is 3.52. The Morgan fingerprint density at radius 3 is 2.74 bits per heavy atom. The van der Waals surface area contributed by atoms with Gasteiger partial charge in [-0.15, -0.1) is 0 Å². The Labute approximate surface area is 114 Å². The lowest BCUT2D eigenvalue weighted by atomic mass is 9.92. The highest BCUT2D eigenvalue weighted by atomic mass is 32.2. The topological polar surface area (TPSA) is 81.4 Å². The lowest BCUT2D eigenvalue weighted by Crippen LogP contribution is -2.37. The summed E-state index contributed by atoms with van der Waals surface area (Å²) in [5, 5.41) is 8.48. The second kappa shape index (κ2) is 5.90. The van der Waals surface area contributed by atoms with Crippen LogP contribution >= 0.6 is 0 Å². The summed E-state index contributed by atoms with van der Waals surface area (Å²) in [5.41, 5.74) is 0.764. The van der Waals surface area contributed by atoms with E-state index in [0.29, 0.717) is 0 Å². The van der Waals surface area contributed by atoms with E-state index in [9.17, 15) is 8.42 Å². The van der Waals surface area contributed by atoms with Crippen molar-refractivity contribution in [3.63, 3.8) is 0 Å². The second-order valence-electron chi connectivity index (χ2n) is 4.88. The third kappa shape index (κ3) is 3.68. The van der Waals surface area contributed by atoms with Crippen LogP contribution in [-0.4, -0.2) is 27.7 Å². The van der Waals surface area contributed by atoms with Crippen LogP contribution in [0, 0.1) is 0 Å². The number of hydrogen-bond acceptors (Lipinski definition) is 4. The van der Waals surface area contributed by atoms with Gasteiger partial charge < -0.3 is 10.1 Å². The lowest BCUT2D eigenvalue weighted by Gasteiger charge is -2.31. The van der Waals surface area contributed by atoms with E-state index < -0.39 is 10.0 Å². The van der Waals surface area contributed by atoms with Crippen LogP contribution in [0.3, 0.4) is 0 Å². The van der Waals surface area contributed by atoms with Crippen molar-refractivity contribution in [2.45, 2.75) is 42.7 Å². The number of hydrogen-bond donors (Lipinski definition) is 2. The molecule has 0 aromatic heterocycles. The van der Waals surface area contributed by atoms with Gasteiger partial charge in [0.15, 0.2) is 0 Å². The number of primary sulfonamides is 1. The van der Waals surface area contributed by atoms with Crippen molar-refractivity contribution in [1.82, 2.24) is 0 Å². The maximum Gasteiger partial charge on any atom is 0.238 e. The van der Waals surface area contributed by atoms with Gasteiger partial charge in [-0.05, 0) is 31.0 Å². The zero-order valence-electron chi connectivity index (χ0n) is 11.0. The molecule has 0 spiro atoms. The smallest absolute Gasteiger partial charge is 0.238 e.